The minimum atomic E-state index is -3.32. The molecule has 0 bridgehead atoms. The zero-order chi connectivity index (χ0) is 22.6. The highest BCUT2D eigenvalue weighted by atomic mass is 32.2. The lowest BCUT2D eigenvalue weighted by atomic mass is 10.1. The Morgan fingerprint density at radius 2 is 1.81 bits per heavy atom. The monoisotopic (exact) mass is 444 g/mol. The Bertz CT molecular complexity index is 1130. The molecular weight excluding hydrogens is 416 g/mol. The summed E-state index contributed by atoms with van der Waals surface area (Å²) in [6.07, 6.45) is 1.63. The molecule has 3 aromatic rings. The van der Waals surface area contributed by atoms with E-state index in [4.69, 9.17) is 9.84 Å². The Labute approximate surface area is 182 Å². The molecule has 3 rings (SSSR count). The number of ether oxygens (including phenoxy) is 1. The maximum absolute atomic E-state index is 11.8. The van der Waals surface area contributed by atoms with E-state index in [0.29, 0.717) is 24.1 Å². The van der Waals surface area contributed by atoms with Gasteiger partial charge in [-0.15, -0.1) is 0 Å². The molecule has 0 aliphatic carbocycles. The van der Waals surface area contributed by atoms with Gasteiger partial charge in [0.05, 0.1) is 23.6 Å². The van der Waals surface area contributed by atoms with Crippen LogP contribution in [-0.4, -0.2) is 40.5 Å². The zero-order valence-corrected chi connectivity index (χ0v) is 19.2. The fourth-order valence-electron chi connectivity index (χ4n) is 2.82. The van der Waals surface area contributed by atoms with Gasteiger partial charge in [0.25, 0.3) is 0 Å². The molecule has 31 heavy (non-hydrogen) atoms. The molecule has 0 fully saturated rings. The van der Waals surface area contributed by atoms with Gasteiger partial charge in [0.15, 0.2) is 0 Å². The molecule has 0 saturated heterocycles. The lowest BCUT2D eigenvalue weighted by Crippen LogP contribution is -2.24. The lowest BCUT2D eigenvalue weighted by molar-refractivity contribution is 0.313. The second-order valence-electron chi connectivity index (χ2n) is 7.86. The minimum absolute atomic E-state index is 0.0216. The molecule has 9 nitrogen and oxygen atoms in total. The minimum Gasteiger partial charge on any atom is -0.464 e. The van der Waals surface area contributed by atoms with E-state index in [1.165, 1.54) is 0 Å². The van der Waals surface area contributed by atoms with Crippen LogP contribution in [0.3, 0.4) is 0 Å². The smallest absolute Gasteiger partial charge is 0.318 e. The first kappa shape index (κ1) is 22.5. The number of rotatable bonds is 8. The molecule has 0 radical (unpaired) electrons. The summed E-state index contributed by atoms with van der Waals surface area (Å²) in [5, 5.41) is 8.06. The summed E-state index contributed by atoms with van der Waals surface area (Å²) in [4.78, 5) is 8.46. The van der Waals surface area contributed by atoms with Gasteiger partial charge in [-0.05, 0) is 52.8 Å². The summed E-state index contributed by atoms with van der Waals surface area (Å²) in [5.41, 5.74) is 1.85. The fourth-order valence-corrected chi connectivity index (χ4v) is 3.46. The van der Waals surface area contributed by atoms with E-state index in [1.807, 2.05) is 29.8 Å². The van der Waals surface area contributed by atoms with Gasteiger partial charge in [-0.25, -0.2) is 18.1 Å². The summed E-state index contributed by atoms with van der Waals surface area (Å²) < 4.78 is 33.3. The molecule has 1 aromatic carbocycles. The highest BCUT2D eigenvalue weighted by Gasteiger charge is 2.21. The Balaban J connectivity index is 1.91. The highest BCUT2D eigenvalue weighted by Crippen LogP contribution is 2.29. The van der Waals surface area contributed by atoms with Crippen LogP contribution in [-0.2, 0) is 15.6 Å². The van der Waals surface area contributed by atoms with E-state index in [1.54, 1.807) is 31.3 Å². The zero-order valence-electron chi connectivity index (χ0n) is 18.4. The molecule has 0 saturated carbocycles. The largest absolute Gasteiger partial charge is 0.464 e. The highest BCUT2D eigenvalue weighted by molar-refractivity contribution is 7.92. The van der Waals surface area contributed by atoms with Gasteiger partial charge in [-0.1, -0.05) is 12.1 Å². The number of hydrogen-bond donors (Lipinski definition) is 2. The molecule has 2 N–H and O–H groups in total. The van der Waals surface area contributed by atoms with Crippen LogP contribution in [0.5, 0.6) is 6.01 Å². The van der Waals surface area contributed by atoms with Gasteiger partial charge >= 0.3 is 6.01 Å². The number of sulfonamides is 1. The molecule has 0 amide bonds. The summed E-state index contributed by atoms with van der Waals surface area (Å²) >= 11 is 0. The predicted molar refractivity (Wildman–Crippen MR) is 122 cm³/mol. The van der Waals surface area contributed by atoms with Crippen LogP contribution in [0.1, 0.15) is 34.6 Å². The van der Waals surface area contributed by atoms with Crippen LogP contribution in [0.15, 0.2) is 42.6 Å². The van der Waals surface area contributed by atoms with Gasteiger partial charge in [-0.2, -0.15) is 10.1 Å². The van der Waals surface area contributed by atoms with Crippen LogP contribution >= 0.6 is 0 Å². The van der Waals surface area contributed by atoms with Crippen molar-refractivity contribution in [2.24, 2.45) is 0 Å². The summed E-state index contributed by atoms with van der Waals surface area (Å²) in [6.45, 7) is 10.1. The van der Waals surface area contributed by atoms with Crippen molar-refractivity contribution in [1.29, 1.82) is 0 Å². The number of hydrogen-bond acceptors (Lipinski definition) is 7. The van der Waals surface area contributed by atoms with Gasteiger partial charge in [-0.3, -0.25) is 4.72 Å². The fraction of sp³-hybridized carbons (Fsp3) is 0.381. The van der Waals surface area contributed by atoms with Crippen molar-refractivity contribution in [2.75, 3.05) is 22.4 Å². The van der Waals surface area contributed by atoms with E-state index >= 15 is 0 Å². The van der Waals surface area contributed by atoms with Gasteiger partial charge in [0.1, 0.15) is 11.6 Å². The molecule has 0 spiro atoms. The molecule has 0 aliphatic rings. The maximum Gasteiger partial charge on any atom is 0.318 e. The lowest BCUT2D eigenvalue weighted by Gasteiger charge is -2.22. The quantitative estimate of drug-likeness (QED) is 0.540. The standard InChI is InChI=1S/C21H28N6O3S/c1-6-30-20-22-13-12-18(24-20)23-19-14-17(25-27(19)21(3,4)5)15-8-10-16(11-9-15)26-31(28,29)7-2/h8-14,26H,6-7H2,1-5H3,(H,22,23,24). The topological polar surface area (TPSA) is 111 Å². The Morgan fingerprint density at radius 3 is 2.42 bits per heavy atom. The first-order chi connectivity index (χ1) is 14.6. The molecule has 0 atom stereocenters. The van der Waals surface area contributed by atoms with Crippen LogP contribution in [0.25, 0.3) is 11.3 Å². The first-order valence-electron chi connectivity index (χ1n) is 10.1. The second kappa shape index (κ2) is 8.93. The first-order valence-corrected chi connectivity index (χ1v) is 11.7. The van der Waals surface area contributed by atoms with E-state index < -0.39 is 10.0 Å². The third kappa shape index (κ3) is 5.72. The predicted octanol–water partition coefficient (Wildman–Crippen LogP) is 4.00. The Kier molecular flexibility index (Phi) is 6.49. The van der Waals surface area contributed by atoms with Gasteiger partial charge in [0, 0.05) is 23.5 Å². The summed E-state index contributed by atoms with van der Waals surface area (Å²) in [7, 11) is -3.32. The van der Waals surface area contributed by atoms with E-state index in [0.717, 1.165) is 17.1 Å². The van der Waals surface area contributed by atoms with E-state index in [-0.39, 0.29) is 11.3 Å². The third-order valence-electron chi connectivity index (χ3n) is 4.34. The van der Waals surface area contributed by atoms with E-state index in [2.05, 4.69) is 40.8 Å². The molecular formula is C21H28N6O3S. The number of anilines is 3. The maximum atomic E-state index is 11.8. The van der Waals surface area contributed by atoms with Crippen molar-refractivity contribution in [3.63, 3.8) is 0 Å². The van der Waals surface area contributed by atoms with Gasteiger partial charge in [0.2, 0.25) is 10.0 Å². The summed E-state index contributed by atoms with van der Waals surface area (Å²) in [5.74, 6) is 1.38. The number of nitrogens with zero attached hydrogens (tertiary/aromatic N) is 4. The van der Waals surface area contributed by atoms with Gasteiger partial charge < -0.3 is 10.1 Å². The van der Waals surface area contributed by atoms with Crippen molar-refractivity contribution < 1.29 is 13.2 Å². The van der Waals surface area contributed by atoms with Crippen molar-refractivity contribution in [2.45, 2.75) is 40.2 Å². The number of benzene rings is 1. The van der Waals surface area contributed by atoms with Crippen molar-refractivity contribution >= 4 is 27.3 Å². The normalized spacial score (nSPS) is 11.9. The van der Waals surface area contributed by atoms with Crippen LogP contribution in [0.4, 0.5) is 17.3 Å². The third-order valence-corrected chi connectivity index (χ3v) is 5.65. The Morgan fingerprint density at radius 1 is 1.10 bits per heavy atom. The van der Waals surface area contributed by atoms with Crippen LogP contribution < -0.4 is 14.8 Å². The molecule has 0 unspecified atom stereocenters. The molecule has 166 valence electrons. The average Bonchev–Trinajstić information content (AvgIpc) is 3.13. The Hall–Kier alpha value is -3.14. The summed E-state index contributed by atoms with van der Waals surface area (Å²) in [6, 6.07) is 11.1. The molecule has 2 aromatic heterocycles. The van der Waals surface area contributed by atoms with Crippen LogP contribution in [0.2, 0.25) is 0 Å². The number of aromatic nitrogens is 4. The van der Waals surface area contributed by atoms with Crippen molar-refractivity contribution in [3.8, 4) is 17.3 Å². The van der Waals surface area contributed by atoms with Crippen molar-refractivity contribution in [3.05, 3.63) is 42.6 Å². The molecule has 10 heteroatoms. The van der Waals surface area contributed by atoms with E-state index in [9.17, 15) is 8.42 Å². The van der Waals surface area contributed by atoms with Crippen LogP contribution in [0, 0.1) is 0 Å². The van der Waals surface area contributed by atoms with Crippen molar-refractivity contribution in [1.82, 2.24) is 19.7 Å². The second-order valence-corrected chi connectivity index (χ2v) is 9.87. The molecule has 0 aliphatic heterocycles. The SMILES string of the molecule is CCOc1nccc(Nc2cc(-c3ccc(NS(=O)(=O)CC)cc3)nn2C(C)(C)C)n1. The number of nitrogens with one attached hydrogen (secondary N) is 2. The molecule has 2 heterocycles. The average molecular weight is 445 g/mol.